The molecule has 1 unspecified atom stereocenters. The predicted octanol–water partition coefficient (Wildman–Crippen LogP) is 3.45. The first-order chi connectivity index (χ1) is 11.1. The monoisotopic (exact) mass is 393 g/mol. The largest absolute Gasteiger partial charge is 0.465 e. The predicted molar refractivity (Wildman–Crippen MR) is 107 cm³/mol. The number of nitrogens with one attached hydrogen (secondary N) is 1. The molecule has 0 aromatic carbocycles. The normalized spacial score (nSPS) is 16.0. The van der Waals surface area contributed by atoms with Crippen molar-refractivity contribution in [1.82, 2.24) is 10.2 Å². The van der Waals surface area contributed by atoms with E-state index in [9.17, 15) is 4.79 Å². The molecule has 1 aliphatic heterocycles. The van der Waals surface area contributed by atoms with Gasteiger partial charge in [0.05, 0.1) is 11.5 Å². The van der Waals surface area contributed by atoms with Gasteiger partial charge >= 0.3 is 0 Å². The van der Waals surface area contributed by atoms with Crippen LogP contribution in [0, 0.1) is 12.3 Å². The fraction of sp³-hybridized carbons (Fsp3) is 0.722. The van der Waals surface area contributed by atoms with Gasteiger partial charge in [-0.2, -0.15) is 0 Å². The lowest BCUT2D eigenvalue weighted by Crippen LogP contribution is -2.47. The van der Waals surface area contributed by atoms with Crippen LogP contribution < -0.4 is 11.1 Å². The minimum Gasteiger partial charge on any atom is -0.465 e. The molecule has 1 aliphatic rings. The van der Waals surface area contributed by atoms with E-state index in [2.05, 4.69) is 10.2 Å². The van der Waals surface area contributed by atoms with E-state index in [0.717, 1.165) is 37.5 Å². The van der Waals surface area contributed by atoms with Gasteiger partial charge in [0.15, 0.2) is 0 Å². The average molecular weight is 394 g/mol. The molecule has 25 heavy (non-hydrogen) atoms. The van der Waals surface area contributed by atoms with Gasteiger partial charge in [0.1, 0.15) is 11.5 Å². The second-order valence-electron chi connectivity index (χ2n) is 6.61. The highest BCUT2D eigenvalue weighted by atomic mass is 35.5. The van der Waals surface area contributed by atoms with Crippen LogP contribution in [0.4, 0.5) is 0 Å². The Labute approximate surface area is 163 Å². The molecule has 2 heterocycles. The third-order valence-electron chi connectivity index (χ3n) is 5.35. The van der Waals surface area contributed by atoms with E-state index in [1.807, 2.05) is 32.9 Å². The van der Waals surface area contributed by atoms with Crippen molar-refractivity contribution in [3.8, 4) is 0 Å². The maximum absolute atomic E-state index is 12.7. The van der Waals surface area contributed by atoms with E-state index in [-0.39, 0.29) is 36.8 Å². The van der Waals surface area contributed by atoms with Gasteiger partial charge in [-0.1, -0.05) is 13.8 Å². The molecule has 0 spiro atoms. The van der Waals surface area contributed by atoms with Crippen LogP contribution in [0.15, 0.2) is 16.5 Å². The van der Waals surface area contributed by atoms with Crippen LogP contribution >= 0.6 is 24.8 Å². The van der Waals surface area contributed by atoms with E-state index < -0.39 is 5.41 Å². The number of rotatable bonds is 8. The molecule has 146 valence electrons. The fourth-order valence-corrected chi connectivity index (χ4v) is 3.42. The van der Waals surface area contributed by atoms with Crippen molar-refractivity contribution in [1.29, 1.82) is 0 Å². The summed E-state index contributed by atoms with van der Waals surface area (Å²) in [6.45, 7) is 9.10. The van der Waals surface area contributed by atoms with Gasteiger partial charge in [-0.15, -0.1) is 24.8 Å². The molecule has 1 aromatic rings. The molecule has 1 fully saturated rings. The second-order valence-corrected chi connectivity index (χ2v) is 6.61. The number of carbonyl (C=O) groups excluding carboxylic acids is 1. The summed E-state index contributed by atoms with van der Waals surface area (Å²) in [6.07, 6.45) is 3.95. The first kappa shape index (κ1) is 24.2. The molecule has 0 aliphatic carbocycles. The topological polar surface area (TPSA) is 71.5 Å². The number of nitrogens with two attached hydrogens (primary N) is 1. The van der Waals surface area contributed by atoms with Gasteiger partial charge in [0.25, 0.3) is 0 Å². The summed E-state index contributed by atoms with van der Waals surface area (Å²) >= 11 is 0. The maximum Gasteiger partial charge on any atom is 0.227 e. The molecule has 3 N–H and O–H groups in total. The van der Waals surface area contributed by atoms with Gasteiger partial charge < -0.3 is 15.5 Å². The third-order valence-corrected chi connectivity index (χ3v) is 5.35. The molecule has 1 atom stereocenters. The van der Waals surface area contributed by atoms with Crippen LogP contribution in [0.3, 0.4) is 0 Å². The van der Waals surface area contributed by atoms with E-state index in [0.29, 0.717) is 13.1 Å². The lowest BCUT2D eigenvalue weighted by Gasteiger charge is -2.31. The van der Waals surface area contributed by atoms with Crippen molar-refractivity contribution in [2.45, 2.75) is 52.5 Å². The first-order valence-electron chi connectivity index (χ1n) is 8.85. The third kappa shape index (κ3) is 5.61. The lowest BCUT2D eigenvalue weighted by atomic mass is 9.81. The van der Waals surface area contributed by atoms with Crippen molar-refractivity contribution in [3.05, 3.63) is 23.7 Å². The zero-order chi connectivity index (χ0) is 16.9. The summed E-state index contributed by atoms with van der Waals surface area (Å²) in [5.74, 6) is 1.92. The summed E-state index contributed by atoms with van der Waals surface area (Å²) < 4.78 is 5.84. The Morgan fingerprint density at radius 2 is 1.88 bits per heavy atom. The summed E-state index contributed by atoms with van der Waals surface area (Å²) in [5, 5.41) is 3.14. The van der Waals surface area contributed by atoms with Crippen LogP contribution in [0.1, 0.15) is 57.1 Å². The van der Waals surface area contributed by atoms with Gasteiger partial charge in [-0.3, -0.25) is 9.69 Å². The maximum atomic E-state index is 12.7. The Hall–Kier alpha value is -0.750. The van der Waals surface area contributed by atoms with Gasteiger partial charge in [-0.05, 0) is 57.8 Å². The number of amides is 1. The van der Waals surface area contributed by atoms with Crippen LogP contribution in [0.5, 0.6) is 0 Å². The number of carbonyl (C=O) groups is 1. The smallest absolute Gasteiger partial charge is 0.227 e. The van der Waals surface area contributed by atoms with Crippen molar-refractivity contribution >= 4 is 30.7 Å². The number of likely N-dealkylation sites (tertiary alicyclic amines) is 1. The van der Waals surface area contributed by atoms with Crippen molar-refractivity contribution in [3.63, 3.8) is 0 Å². The molecular formula is C18H33Cl2N3O2. The minimum absolute atomic E-state index is 0. The van der Waals surface area contributed by atoms with Crippen molar-refractivity contribution in [2.75, 3.05) is 26.2 Å². The Morgan fingerprint density at radius 1 is 1.28 bits per heavy atom. The Bertz CT molecular complexity index is 504. The molecule has 0 radical (unpaired) electrons. The summed E-state index contributed by atoms with van der Waals surface area (Å²) in [5.41, 5.74) is 5.43. The number of nitrogens with zero attached hydrogens (tertiary/aromatic N) is 1. The summed E-state index contributed by atoms with van der Waals surface area (Å²) in [4.78, 5) is 15.1. The lowest BCUT2D eigenvalue weighted by molar-refractivity contribution is -0.131. The molecule has 5 nitrogen and oxygen atoms in total. The van der Waals surface area contributed by atoms with E-state index >= 15 is 0 Å². The molecular weight excluding hydrogens is 361 g/mol. The first-order valence-corrected chi connectivity index (χ1v) is 8.85. The molecule has 1 aromatic heterocycles. The van der Waals surface area contributed by atoms with Gasteiger partial charge in [0, 0.05) is 13.1 Å². The number of hydrogen-bond donors (Lipinski definition) is 2. The number of halogens is 2. The summed E-state index contributed by atoms with van der Waals surface area (Å²) in [6, 6.07) is 4.13. The van der Waals surface area contributed by atoms with E-state index in [4.69, 9.17) is 10.2 Å². The number of hydrogen-bond acceptors (Lipinski definition) is 4. The Kier molecular flexibility index (Phi) is 10.7. The molecule has 0 saturated carbocycles. The van der Waals surface area contributed by atoms with Crippen molar-refractivity contribution < 1.29 is 9.21 Å². The fourth-order valence-electron chi connectivity index (χ4n) is 3.42. The Balaban J connectivity index is 0.00000288. The molecule has 7 heteroatoms. The number of furan rings is 1. The van der Waals surface area contributed by atoms with Gasteiger partial charge in [0.2, 0.25) is 5.91 Å². The highest BCUT2D eigenvalue weighted by Crippen LogP contribution is 2.28. The average Bonchev–Trinajstić information content (AvgIpc) is 3.22. The van der Waals surface area contributed by atoms with Gasteiger partial charge in [-0.25, -0.2) is 0 Å². The highest BCUT2D eigenvalue weighted by molar-refractivity contribution is 5.85. The second kappa shape index (κ2) is 11.1. The zero-order valence-electron chi connectivity index (χ0n) is 15.5. The summed E-state index contributed by atoms with van der Waals surface area (Å²) in [7, 11) is 0. The number of aryl methyl sites for hydroxylation is 1. The molecule has 2 rings (SSSR count). The zero-order valence-corrected chi connectivity index (χ0v) is 17.2. The van der Waals surface area contributed by atoms with E-state index in [1.165, 1.54) is 12.8 Å². The molecule has 1 saturated heterocycles. The van der Waals surface area contributed by atoms with Crippen molar-refractivity contribution in [2.24, 2.45) is 11.1 Å². The molecule has 0 bridgehead atoms. The van der Waals surface area contributed by atoms with Crippen LogP contribution in [0.25, 0.3) is 0 Å². The Morgan fingerprint density at radius 3 is 2.32 bits per heavy atom. The molecule has 1 amide bonds. The minimum atomic E-state index is -0.450. The van der Waals surface area contributed by atoms with Crippen LogP contribution in [0.2, 0.25) is 0 Å². The quantitative estimate of drug-likeness (QED) is 0.709. The SMILES string of the molecule is CCC(CC)(CN)C(=O)NCC(c1ccc(C)o1)N1CCCC1.Cl.Cl. The standard InChI is InChI=1S/C18H31N3O2.2ClH/c1-4-18(5-2,13-19)17(22)20-12-15(21-10-6-7-11-21)16-9-8-14(3)23-16;;/h8-9,15H,4-7,10-13,19H2,1-3H3,(H,20,22);2*1H. The highest BCUT2D eigenvalue weighted by Gasteiger charge is 2.34. The van der Waals surface area contributed by atoms with E-state index in [1.54, 1.807) is 0 Å². The van der Waals surface area contributed by atoms with Crippen LogP contribution in [-0.2, 0) is 4.79 Å². The van der Waals surface area contributed by atoms with Crippen LogP contribution in [-0.4, -0.2) is 37.0 Å².